The lowest BCUT2D eigenvalue weighted by Gasteiger charge is -2.41. The molecule has 2 fully saturated rings. The van der Waals surface area contributed by atoms with E-state index in [1.165, 1.54) is 62.4 Å². The van der Waals surface area contributed by atoms with Gasteiger partial charge in [0, 0.05) is 36.8 Å². The van der Waals surface area contributed by atoms with Crippen molar-refractivity contribution in [3.8, 4) is 11.4 Å². The van der Waals surface area contributed by atoms with Gasteiger partial charge in [-0.25, -0.2) is 0 Å². The van der Waals surface area contributed by atoms with Gasteiger partial charge in [0.2, 0.25) is 5.91 Å². The fourth-order valence-electron chi connectivity index (χ4n) is 5.08. The van der Waals surface area contributed by atoms with Crippen molar-refractivity contribution >= 4 is 23.4 Å². The molecule has 2 saturated carbocycles. The van der Waals surface area contributed by atoms with Crippen LogP contribution in [0.2, 0.25) is 0 Å². The number of carbonyl (C=O) groups excluding carboxylic acids is 1. The molecule has 2 aliphatic rings. The predicted molar refractivity (Wildman–Crippen MR) is 124 cm³/mol. The number of nitrogens with zero attached hydrogens (tertiary/aromatic N) is 5. The van der Waals surface area contributed by atoms with E-state index in [4.69, 9.17) is 0 Å². The molecule has 0 atom stereocenters. The van der Waals surface area contributed by atoms with Crippen LogP contribution >= 0.6 is 11.8 Å². The van der Waals surface area contributed by atoms with Crippen LogP contribution in [0.4, 0.5) is 5.69 Å². The van der Waals surface area contributed by atoms with E-state index in [-0.39, 0.29) is 11.6 Å². The summed E-state index contributed by atoms with van der Waals surface area (Å²) < 4.78 is 1.81. The number of nitro benzene ring substituents is 1. The van der Waals surface area contributed by atoms with Gasteiger partial charge < -0.3 is 9.47 Å². The molecular weight excluding hydrogens is 426 g/mol. The Balaban J connectivity index is 1.46. The van der Waals surface area contributed by atoms with E-state index in [2.05, 4.69) is 15.1 Å². The maximum Gasteiger partial charge on any atom is 0.270 e. The van der Waals surface area contributed by atoms with Crippen LogP contribution in [0.25, 0.3) is 11.4 Å². The number of hydrogen-bond donors (Lipinski definition) is 0. The second kappa shape index (κ2) is 10.5. The first kappa shape index (κ1) is 22.8. The quantitative estimate of drug-likeness (QED) is 0.331. The van der Waals surface area contributed by atoms with E-state index in [1.807, 2.05) is 11.6 Å². The molecule has 0 saturated heterocycles. The maximum atomic E-state index is 13.4. The lowest BCUT2D eigenvalue weighted by Crippen LogP contribution is -2.49. The Morgan fingerprint density at radius 1 is 1.09 bits per heavy atom. The zero-order valence-electron chi connectivity index (χ0n) is 18.6. The molecule has 1 amide bonds. The Hall–Kier alpha value is -2.42. The van der Waals surface area contributed by atoms with Crippen LogP contribution in [0, 0.1) is 10.1 Å². The number of non-ortho nitro benzene ring substituents is 1. The predicted octanol–water partition coefficient (Wildman–Crippen LogP) is 4.98. The van der Waals surface area contributed by atoms with E-state index >= 15 is 0 Å². The lowest BCUT2D eigenvalue weighted by atomic mass is 9.88. The van der Waals surface area contributed by atoms with Crippen molar-refractivity contribution in [2.75, 3.05) is 5.75 Å². The van der Waals surface area contributed by atoms with E-state index in [1.54, 1.807) is 12.1 Å². The minimum absolute atomic E-state index is 0.0190. The molecule has 0 spiro atoms. The van der Waals surface area contributed by atoms with Gasteiger partial charge in [0.05, 0.1) is 10.7 Å². The monoisotopic (exact) mass is 457 g/mol. The van der Waals surface area contributed by atoms with Crippen molar-refractivity contribution in [2.45, 2.75) is 81.4 Å². The molecule has 0 N–H and O–H groups in total. The maximum absolute atomic E-state index is 13.4. The minimum Gasteiger partial charge on any atom is -0.336 e. The molecule has 2 aromatic rings. The Kier molecular flexibility index (Phi) is 7.44. The molecule has 9 heteroatoms. The van der Waals surface area contributed by atoms with Crippen LogP contribution in [0.15, 0.2) is 29.4 Å². The smallest absolute Gasteiger partial charge is 0.270 e. The number of thioether (sulfide) groups is 1. The van der Waals surface area contributed by atoms with Crippen molar-refractivity contribution in [3.05, 3.63) is 34.4 Å². The van der Waals surface area contributed by atoms with Crippen molar-refractivity contribution in [1.29, 1.82) is 0 Å². The van der Waals surface area contributed by atoms with E-state index in [9.17, 15) is 14.9 Å². The summed E-state index contributed by atoms with van der Waals surface area (Å²) in [5.41, 5.74) is 0.656. The first-order valence-electron chi connectivity index (χ1n) is 11.6. The standard InChI is InChI=1S/C23H31N5O3S/c1-26-22(17-9-8-14-20(15-17)28(30)31)24-25-23(26)32-16-21(29)27(18-10-4-2-5-11-18)19-12-6-3-7-13-19/h8-9,14-15,18-19H,2-7,10-13,16H2,1H3. The molecule has 1 aromatic heterocycles. The fourth-order valence-corrected chi connectivity index (χ4v) is 5.86. The molecule has 2 aliphatic carbocycles. The van der Waals surface area contributed by atoms with E-state index < -0.39 is 4.92 Å². The summed E-state index contributed by atoms with van der Waals surface area (Å²) in [6, 6.07) is 7.13. The SMILES string of the molecule is Cn1c(SCC(=O)N(C2CCCCC2)C2CCCCC2)nnc1-c1cccc([N+](=O)[O-])c1. The van der Waals surface area contributed by atoms with Gasteiger partial charge in [0.25, 0.3) is 5.69 Å². The summed E-state index contributed by atoms with van der Waals surface area (Å²) in [7, 11) is 1.83. The van der Waals surface area contributed by atoms with Gasteiger partial charge in [0.15, 0.2) is 11.0 Å². The van der Waals surface area contributed by atoms with Crippen molar-refractivity contribution in [2.24, 2.45) is 7.05 Å². The van der Waals surface area contributed by atoms with Gasteiger partial charge in [-0.05, 0) is 25.7 Å². The van der Waals surface area contributed by atoms with Gasteiger partial charge >= 0.3 is 0 Å². The zero-order chi connectivity index (χ0) is 22.5. The average Bonchev–Trinajstić information content (AvgIpc) is 3.19. The van der Waals surface area contributed by atoms with Gasteiger partial charge in [-0.1, -0.05) is 62.4 Å². The molecule has 0 bridgehead atoms. The molecule has 172 valence electrons. The van der Waals surface area contributed by atoms with Crippen molar-refractivity contribution in [3.63, 3.8) is 0 Å². The molecule has 1 heterocycles. The molecule has 8 nitrogen and oxygen atoms in total. The van der Waals surface area contributed by atoms with E-state index in [0.717, 1.165) is 25.7 Å². The molecular formula is C23H31N5O3S. The summed E-state index contributed by atoms with van der Waals surface area (Å²) in [4.78, 5) is 26.3. The van der Waals surface area contributed by atoms with Gasteiger partial charge in [-0.15, -0.1) is 10.2 Å². The average molecular weight is 458 g/mol. The summed E-state index contributed by atoms with van der Waals surface area (Å²) in [6.07, 6.45) is 11.9. The molecule has 32 heavy (non-hydrogen) atoms. The van der Waals surface area contributed by atoms with Crippen molar-refractivity contribution in [1.82, 2.24) is 19.7 Å². The zero-order valence-corrected chi connectivity index (χ0v) is 19.4. The third-order valence-corrected chi connectivity index (χ3v) is 7.70. The molecule has 1 aromatic carbocycles. The van der Waals surface area contributed by atoms with Gasteiger partial charge in [0.1, 0.15) is 0 Å². The highest BCUT2D eigenvalue weighted by atomic mass is 32.2. The largest absolute Gasteiger partial charge is 0.336 e. The highest BCUT2D eigenvalue weighted by Gasteiger charge is 2.32. The van der Waals surface area contributed by atoms with Crippen LogP contribution in [-0.4, -0.2) is 48.3 Å². The number of rotatable bonds is 7. The lowest BCUT2D eigenvalue weighted by molar-refractivity contribution is -0.384. The Bertz CT molecular complexity index is 933. The normalized spacial score (nSPS) is 17.9. The van der Waals surface area contributed by atoms with Gasteiger partial charge in [-0.2, -0.15) is 0 Å². The number of benzene rings is 1. The van der Waals surface area contributed by atoms with Crippen LogP contribution < -0.4 is 0 Å². The molecule has 4 rings (SSSR count). The van der Waals surface area contributed by atoms with Crippen LogP contribution in [0.5, 0.6) is 0 Å². The molecule has 0 unspecified atom stereocenters. The van der Waals surface area contributed by atoms with Crippen molar-refractivity contribution < 1.29 is 9.72 Å². The summed E-state index contributed by atoms with van der Waals surface area (Å²) >= 11 is 1.40. The second-order valence-electron chi connectivity index (χ2n) is 8.85. The third kappa shape index (κ3) is 5.14. The van der Waals surface area contributed by atoms with Gasteiger partial charge in [-0.3, -0.25) is 14.9 Å². The molecule has 0 radical (unpaired) electrons. The fraction of sp³-hybridized carbons (Fsp3) is 0.609. The molecule has 0 aliphatic heterocycles. The Morgan fingerprint density at radius 3 is 2.31 bits per heavy atom. The van der Waals surface area contributed by atoms with Crippen LogP contribution in [0.3, 0.4) is 0 Å². The summed E-state index contributed by atoms with van der Waals surface area (Å²) in [6.45, 7) is 0. The van der Waals surface area contributed by atoms with E-state index in [0.29, 0.717) is 34.4 Å². The summed E-state index contributed by atoms with van der Waals surface area (Å²) in [5.74, 6) is 1.10. The number of nitro groups is 1. The Morgan fingerprint density at radius 2 is 1.72 bits per heavy atom. The Labute approximate surface area is 192 Å². The topological polar surface area (TPSA) is 94.2 Å². The van der Waals surface area contributed by atoms with Crippen LogP contribution in [0.1, 0.15) is 64.2 Å². The first-order valence-corrected chi connectivity index (χ1v) is 12.6. The minimum atomic E-state index is -0.417. The third-order valence-electron chi connectivity index (χ3n) is 6.70. The second-order valence-corrected chi connectivity index (χ2v) is 9.79. The highest BCUT2D eigenvalue weighted by Crippen LogP contribution is 2.32. The number of carbonyl (C=O) groups is 1. The van der Waals surface area contributed by atoms with Crippen LogP contribution in [-0.2, 0) is 11.8 Å². The first-order chi connectivity index (χ1) is 15.5. The number of hydrogen-bond acceptors (Lipinski definition) is 6. The highest BCUT2D eigenvalue weighted by molar-refractivity contribution is 7.99. The number of aromatic nitrogens is 3. The summed E-state index contributed by atoms with van der Waals surface area (Å²) in [5, 5.41) is 20.2. The number of amides is 1.